The lowest BCUT2D eigenvalue weighted by atomic mass is 9.83. The van der Waals surface area contributed by atoms with Gasteiger partial charge in [-0.1, -0.05) is 32.1 Å². The average molecular weight is 237 g/mol. The average Bonchev–Trinajstić information content (AvgIpc) is 2.33. The van der Waals surface area contributed by atoms with Gasteiger partial charge in [0.15, 0.2) is 0 Å². The van der Waals surface area contributed by atoms with Crippen molar-refractivity contribution >= 4 is 0 Å². The second-order valence-corrected chi connectivity index (χ2v) is 5.23. The zero-order valence-corrected chi connectivity index (χ0v) is 12.2. The van der Waals surface area contributed by atoms with Crippen molar-refractivity contribution in [2.45, 2.75) is 46.5 Å². The number of nitrogens with one attached hydrogen (secondary N) is 1. The van der Waals surface area contributed by atoms with E-state index in [1.165, 1.54) is 19.3 Å². The third-order valence-corrected chi connectivity index (χ3v) is 3.70. The van der Waals surface area contributed by atoms with Gasteiger partial charge in [0.05, 0.1) is 0 Å². The molecule has 3 atom stereocenters. The van der Waals surface area contributed by atoms with Crippen LogP contribution in [0, 0.1) is 17.8 Å². The summed E-state index contributed by atoms with van der Waals surface area (Å²) in [6, 6.07) is 0. The Bertz CT molecular complexity index is 208. The topological polar surface area (TPSA) is 12.0 Å². The molecule has 0 rings (SSSR count). The van der Waals surface area contributed by atoms with Crippen LogP contribution in [0.15, 0.2) is 24.8 Å². The zero-order valence-electron chi connectivity index (χ0n) is 12.2. The standard InChI is InChI=1S/C16H31N/c1-6-8-10-14(3)15(4)13-16(9-7-2)11-12-17-5/h6-7,9,14-17H,1,8,10-13H2,2-5H3. The largest absolute Gasteiger partial charge is 0.320 e. The Hall–Kier alpha value is -0.560. The van der Waals surface area contributed by atoms with Gasteiger partial charge in [-0.05, 0) is 64.0 Å². The van der Waals surface area contributed by atoms with Gasteiger partial charge in [0, 0.05) is 0 Å². The second-order valence-electron chi connectivity index (χ2n) is 5.23. The highest BCUT2D eigenvalue weighted by atomic mass is 14.8. The normalized spacial score (nSPS) is 16.9. The highest BCUT2D eigenvalue weighted by molar-refractivity contribution is 4.87. The summed E-state index contributed by atoms with van der Waals surface area (Å²) in [5.74, 6) is 2.33. The summed E-state index contributed by atoms with van der Waals surface area (Å²) in [7, 11) is 2.03. The van der Waals surface area contributed by atoms with Crippen LogP contribution >= 0.6 is 0 Å². The van der Waals surface area contributed by atoms with Crippen molar-refractivity contribution in [2.75, 3.05) is 13.6 Å². The van der Waals surface area contributed by atoms with E-state index in [9.17, 15) is 0 Å². The molecule has 0 saturated carbocycles. The molecule has 1 N–H and O–H groups in total. The van der Waals surface area contributed by atoms with E-state index in [2.05, 4.69) is 44.8 Å². The van der Waals surface area contributed by atoms with E-state index in [0.717, 1.165) is 30.7 Å². The van der Waals surface area contributed by atoms with Crippen molar-refractivity contribution in [3.05, 3.63) is 24.8 Å². The van der Waals surface area contributed by atoms with Gasteiger partial charge in [-0.15, -0.1) is 6.58 Å². The predicted molar refractivity (Wildman–Crippen MR) is 79.2 cm³/mol. The van der Waals surface area contributed by atoms with Crippen LogP contribution in [-0.4, -0.2) is 13.6 Å². The van der Waals surface area contributed by atoms with Gasteiger partial charge in [-0.3, -0.25) is 0 Å². The summed E-state index contributed by atoms with van der Waals surface area (Å²) in [5, 5.41) is 3.25. The minimum atomic E-state index is 0.730. The maximum Gasteiger partial charge on any atom is -0.00463 e. The highest BCUT2D eigenvalue weighted by Crippen LogP contribution is 2.26. The Kier molecular flexibility index (Phi) is 10.2. The lowest BCUT2D eigenvalue weighted by Gasteiger charge is -2.23. The molecule has 0 aromatic heterocycles. The molecule has 0 bridgehead atoms. The molecular weight excluding hydrogens is 206 g/mol. The minimum Gasteiger partial charge on any atom is -0.320 e. The van der Waals surface area contributed by atoms with Crippen LogP contribution in [0.4, 0.5) is 0 Å². The molecule has 0 heterocycles. The van der Waals surface area contributed by atoms with E-state index in [1.54, 1.807) is 0 Å². The molecule has 17 heavy (non-hydrogen) atoms. The van der Waals surface area contributed by atoms with Gasteiger partial charge in [-0.2, -0.15) is 0 Å². The van der Waals surface area contributed by atoms with E-state index in [0.29, 0.717) is 0 Å². The summed E-state index contributed by atoms with van der Waals surface area (Å²) < 4.78 is 0. The maximum atomic E-state index is 3.80. The number of allylic oxidation sites excluding steroid dienone is 3. The fourth-order valence-electron chi connectivity index (χ4n) is 2.27. The summed E-state index contributed by atoms with van der Waals surface area (Å²) in [5.41, 5.74) is 0. The Labute approximate surface area is 108 Å². The van der Waals surface area contributed by atoms with Gasteiger partial charge >= 0.3 is 0 Å². The lowest BCUT2D eigenvalue weighted by Crippen LogP contribution is -2.17. The van der Waals surface area contributed by atoms with Crippen molar-refractivity contribution < 1.29 is 0 Å². The first kappa shape index (κ1) is 16.4. The van der Waals surface area contributed by atoms with E-state index in [-0.39, 0.29) is 0 Å². The van der Waals surface area contributed by atoms with Crippen molar-refractivity contribution in [3.63, 3.8) is 0 Å². The second kappa shape index (κ2) is 10.6. The summed E-state index contributed by atoms with van der Waals surface area (Å²) in [6.45, 7) is 11.8. The molecular formula is C16H31N. The molecule has 0 amide bonds. The number of rotatable bonds is 10. The number of hydrogen-bond acceptors (Lipinski definition) is 1. The third-order valence-electron chi connectivity index (χ3n) is 3.70. The Balaban J connectivity index is 4.08. The maximum absolute atomic E-state index is 3.80. The van der Waals surface area contributed by atoms with Crippen molar-refractivity contribution in [3.8, 4) is 0 Å². The molecule has 0 aliphatic carbocycles. The molecule has 0 radical (unpaired) electrons. The lowest BCUT2D eigenvalue weighted by molar-refractivity contribution is 0.307. The van der Waals surface area contributed by atoms with Crippen LogP contribution in [0.25, 0.3) is 0 Å². The molecule has 0 aliphatic heterocycles. The van der Waals surface area contributed by atoms with Crippen LogP contribution in [0.5, 0.6) is 0 Å². The minimum absolute atomic E-state index is 0.730. The fraction of sp³-hybridized carbons (Fsp3) is 0.750. The SMILES string of the molecule is C=CCCC(C)C(C)CC(C=CC)CCNC. The van der Waals surface area contributed by atoms with E-state index < -0.39 is 0 Å². The Morgan fingerprint density at radius 2 is 1.88 bits per heavy atom. The molecule has 1 nitrogen and oxygen atoms in total. The molecule has 3 unspecified atom stereocenters. The first-order chi connectivity index (χ1) is 8.15. The quantitative estimate of drug-likeness (QED) is 0.555. The van der Waals surface area contributed by atoms with Gasteiger partial charge in [0.1, 0.15) is 0 Å². The van der Waals surface area contributed by atoms with E-state index in [4.69, 9.17) is 0 Å². The van der Waals surface area contributed by atoms with Gasteiger partial charge in [0.25, 0.3) is 0 Å². The Morgan fingerprint density at radius 3 is 2.41 bits per heavy atom. The zero-order chi connectivity index (χ0) is 13.1. The van der Waals surface area contributed by atoms with Gasteiger partial charge in [-0.25, -0.2) is 0 Å². The third kappa shape index (κ3) is 8.20. The molecule has 0 saturated heterocycles. The van der Waals surface area contributed by atoms with Crippen LogP contribution in [0.1, 0.15) is 46.5 Å². The van der Waals surface area contributed by atoms with Crippen LogP contribution < -0.4 is 5.32 Å². The Morgan fingerprint density at radius 1 is 1.18 bits per heavy atom. The number of hydrogen-bond donors (Lipinski definition) is 1. The molecule has 0 fully saturated rings. The first-order valence-corrected chi connectivity index (χ1v) is 7.04. The predicted octanol–water partition coefficient (Wildman–Crippen LogP) is 4.42. The van der Waals surface area contributed by atoms with Crippen molar-refractivity contribution in [1.82, 2.24) is 5.32 Å². The monoisotopic (exact) mass is 237 g/mol. The fourth-order valence-corrected chi connectivity index (χ4v) is 2.27. The highest BCUT2D eigenvalue weighted by Gasteiger charge is 2.15. The molecule has 1 heteroatoms. The van der Waals surface area contributed by atoms with E-state index >= 15 is 0 Å². The van der Waals surface area contributed by atoms with Crippen LogP contribution in [0.2, 0.25) is 0 Å². The van der Waals surface area contributed by atoms with Crippen LogP contribution in [0.3, 0.4) is 0 Å². The van der Waals surface area contributed by atoms with Gasteiger partial charge in [0.2, 0.25) is 0 Å². The first-order valence-electron chi connectivity index (χ1n) is 7.04. The van der Waals surface area contributed by atoms with Gasteiger partial charge < -0.3 is 5.32 Å². The van der Waals surface area contributed by atoms with Crippen LogP contribution in [-0.2, 0) is 0 Å². The smallest absolute Gasteiger partial charge is 0.00463 e. The molecule has 0 spiro atoms. The van der Waals surface area contributed by atoms with Crippen molar-refractivity contribution in [2.24, 2.45) is 17.8 Å². The van der Waals surface area contributed by atoms with Crippen molar-refractivity contribution in [1.29, 1.82) is 0 Å². The van der Waals surface area contributed by atoms with E-state index in [1.807, 2.05) is 13.1 Å². The summed E-state index contributed by atoms with van der Waals surface area (Å²) in [6.07, 6.45) is 11.6. The summed E-state index contributed by atoms with van der Waals surface area (Å²) >= 11 is 0. The molecule has 0 aromatic carbocycles. The molecule has 0 aliphatic rings. The molecule has 0 aromatic rings. The summed E-state index contributed by atoms with van der Waals surface area (Å²) in [4.78, 5) is 0. The molecule has 100 valence electrons.